The normalized spacial score (nSPS) is 11.0. The molecule has 0 aliphatic heterocycles. The van der Waals surface area contributed by atoms with Crippen LogP contribution in [0, 0.1) is 0 Å². The summed E-state index contributed by atoms with van der Waals surface area (Å²) >= 11 is 0. The number of ether oxygens (including phenoxy) is 3. The Balaban J connectivity index is 1.95. The smallest absolute Gasteiger partial charge is 0.119 e. The number of benzene rings is 1. The van der Waals surface area contributed by atoms with Crippen molar-refractivity contribution in [2.24, 2.45) is 0 Å². The summed E-state index contributed by atoms with van der Waals surface area (Å²) in [6, 6.07) is 8.54. The standard InChI is InChI=1S/C24H42O3/c1-3-5-7-8-9-10-11-13-23-14-16-24(17-15-23)27-22-21-26-20-19-25-18-12-6-4-2/h14-17H,3-13,18-22H2,1-2H3. The Bertz CT molecular complexity index is 416. The molecule has 0 unspecified atom stereocenters. The molecule has 0 aliphatic rings. The van der Waals surface area contributed by atoms with Crippen LogP contribution in [0.3, 0.4) is 0 Å². The molecule has 0 saturated heterocycles. The molecule has 3 nitrogen and oxygen atoms in total. The first kappa shape index (κ1) is 24.0. The topological polar surface area (TPSA) is 27.7 Å². The predicted molar refractivity (Wildman–Crippen MR) is 115 cm³/mol. The van der Waals surface area contributed by atoms with E-state index >= 15 is 0 Å². The van der Waals surface area contributed by atoms with Gasteiger partial charge < -0.3 is 14.2 Å². The number of hydrogen-bond acceptors (Lipinski definition) is 3. The summed E-state index contributed by atoms with van der Waals surface area (Å²) in [5.74, 6) is 0.928. The summed E-state index contributed by atoms with van der Waals surface area (Å²) < 4.78 is 16.8. The van der Waals surface area contributed by atoms with Crippen LogP contribution in [0.5, 0.6) is 5.75 Å². The van der Waals surface area contributed by atoms with E-state index in [0.29, 0.717) is 26.4 Å². The number of rotatable bonds is 19. The molecule has 0 spiro atoms. The van der Waals surface area contributed by atoms with Gasteiger partial charge in [-0.05, 0) is 37.0 Å². The Labute approximate surface area is 167 Å². The van der Waals surface area contributed by atoms with E-state index < -0.39 is 0 Å². The van der Waals surface area contributed by atoms with Crippen LogP contribution >= 0.6 is 0 Å². The van der Waals surface area contributed by atoms with E-state index in [0.717, 1.165) is 18.8 Å². The molecule has 0 N–H and O–H groups in total. The number of hydrogen-bond donors (Lipinski definition) is 0. The van der Waals surface area contributed by atoms with Crippen LogP contribution < -0.4 is 4.74 Å². The third-order valence-electron chi connectivity index (χ3n) is 4.75. The minimum Gasteiger partial charge on any atom is -0.491 e. The van der Waals surface area contributed by atoms with Gasteiger partial charge in [-0.2, -0.15) is 0 Å². The second kappa shape index (κ2) is 18.3. The second-order valence-electron chi connectivity index (χ2n) is 7.30. The molecule has 0 heterocycles. The lowest BCUT2D eigenvalue weighted by Crippen LogP contribution is -2.11. The van der Waals surface area contributed by atoms with Crippen LogP contribution in [0.25, 0.3) is 0 Å². The lowest BCUT2D eigenvalue weighted by molar-refractivity contribution is 0.0353. The van der Waals surface area contributed by atoms with Gasteiger partial charge in [-0.15, -0.1) is 0 Å². The summed E-state index contributed by atoms with van der Waals surface area (Å²) in [6.07, 6.45) is 14.3. The monoisotopic (exact) mass is 378 g/mol. The van der Waals surface area contributed by atoms with Crippen molar-refractivity contribution in [3.8, 4) is 5.75 Å². The zero-order chi connectivity index (χ0) is 19.4. The first-order valence-corrected chi connectivity index (χ1v) is 11.2. The van der Waals surface area contributed by atoms with Crippen LogP contribution in [-0.2, 0) is 15.9 Å². The van der Waals surface area contributed by atoms with Gasteiger partial charge >= 0.3 is 0 Å². The molecule has 1 aromatic carbocycles. The highest BCUT2D eigenvalue weighted by molar-refractivity contribution is 5.27. The van der Waals surface area contributed by atoms with Crippen LogP contribution in [0.2, 0.25) is 0 Å². The molecule has 0 saturated carbocycles. The molecule has 1 aromatic rings. The van der Waals surface area contributed by atoms with Crippen molar-refractivity contribution in [3.63, 3.8) is 0 Å². The number of unbranched alkanes of at least 4 members (excludes halogenated alkanes) is 8. The van der Waals surface area contributed by atoms with Gasteiger partial charge in [0.05, 0.1) is 19.8 Å². The van der Waals surface area contributed by atoms with E-state index in [2.05, 4.69) is 38.1 Å². The highest BCUT2D eigenvalue weighted by atomic mass is 16.5. The van der Waals surface area contributed by atoms with Crippen LogP contribution in [0.1, 0.15) is 83.6 Å². The van der Waals surface area contributed by atoms with E-state index in [1.807, 2.05) is 0 Å². The summed E-state index contributed by atoms with van der Waals surface area (Å²) in [5, 5.41) is 0. The highest BCUT2D eigenvalue weighted by Crippen LogP contribution is 2.15. The molecule has 0 radical (unpaired) electrons. The van der Waals surface area contributed by atoms with Crippen molar-refractivity contribution >= 4 is 0 Å². The molecular formula is C24H42O3. The Morgan fingerprint density at radius 3 is 1.81 bits per heavy atom. The Kier molecular flexibility index (Phi) is 16.3. The van der Waals surface area contributed by atoms with E-state index in [-0.39, 0.29) is 0 Å². The maximum absolute atomic E-state index is 5.74. The molecule has 3 heteroatoms. The molecule has 0 atom stereocenters. The molecule has 0 amide bonds. The van der Waals surface area contributed by atoms with Gasteiger partial charge in [0.1, 0.15) is 12.4 Å². The average Bonchev–Trinajstić information content (AvgIpc) is 2.70. The Hall–Kier alpha value is -1.06. The van der Waals surface area contributed by atoms with Crippen molar-refractivity contribution < 1.29 is 14.2 Å². The van der Waals surface area contributed by atoms with Crippen LogP contribution in [0.4, 0.5) is 0 Å². The van der Waals surface area contributed by atoms with E-state index in [1.165, 1.54) is 69.8 Å². The van der Waals surface area contributed by atoms with Crippen molar-refractivity contribution in [2.75, 3.05) is 33.0 Å². The van der Waals surface area contributed by atoms with Gasteiger partial charge in [0.25, 0.3) is 0 Å². The Morgan fingerprint density at radius 1 is 0.556 bits per heavy atom. The fourth-order valence-corrected chi connectivity index (χ4v) is 3.03. The largest absolute Gasteiger partial charge is 0.491 e. The molecule has 27 heavy (non-hydrogen) atoms. The molecule has 1 rings (SSSR count). The Morgan fingerprint density at radius 2 is 1.11 bits per heavy atom. The predicted octanol–water partition coefficient (Wildman–Crippen LogP) is 6.58. The summed E-state index contributed by atoms with van der Waals surface area (Å²) in [4.78, 5) is 0. The first-order valence-electron chi connectivity index (χ1n) is 11.2. The number of aryl methyl sites for hydroxylation is 1. The van der Waals surface area contributed by atoms with Gasteiger partial charge in [-0.25, -0.2) is 0 Å². The summed E-state index contributed by atoms with van der Waals surface area (Å²) in [6.45, 7) is 7.84. The fraction of sp³-hybridized carbons (Fsp3) is 0.750. The average molecular weight is 379 g/mol. The van der Waals surface area contributed by atoms with E-state index in [9.17, 15) is 0 Å². The zero-order valence-electron chi connectivity index (χ0n) is 17.8. The lowest BCUT2D eigenvalue weighted by Gasteiger charge is -2.09. The van der Waals surface area contributed by atoms with Crippen molar-refractivity contribution in [3.05, 3.63) is 29.8 Å². The second-order valence-corrected chi connectivity index (χ2v) is 7.30. The zero-order valence-corrected chi connectivity index (χ0v) is 17.8. The highest BCUT2D eigenvalue weighted by Gasteiger charge is 1.98. The maximum atomic E-state index is 5.74. The third kappa shape index (κ3) is 14.6. The van der Waals surface area contributed by atoms with E-state index in [4.69, 9.17) is 14.2 Å². The first-order chi connectivity index (χ1) is 13.4. The molecule has 156 valence electrons. The van der Waals surface area contributed by atoms with Gasteiger partial charge in [0, 0.05) is 6.61 Å². The molecule has 0 bridgehead atoms. The summed E-state index contributed by atoms with van der Waals surface area (Å²) in [5.41, 5.74) is 1.41. The molecule has 0 aliphatic carbocycles. The maximum Gasteiger partial charge on any atom is 0.119 e. The SMILES string of the molecule is CCCCCCCCCc1ccc(OCCOCCOCCCCC)cc1. The van der Waals surface area contributed by atoms with Gasteiger partial charge in [-0.3, -0.25) is 0 Å². The van der Waals surface area contributed by atoms with Crippen molar-refractivity contribution in [1.29, 1.82) is 0 Å². The van der Waals surface area contributed by atoms with Gasteiger partial charge in [0.15, 0.2) is 0 Å². The van der Waals surface area contributed by atoms with Gasteiger partial charge in [-0.1, -0.05) is 77.3 Å². The molecule has 0 aromatic heterocycles. The van der Waals surface area contributed by atoms with E-state index in [1.54, 1.807) is 0 Å². The quantitative estimate of drug-likeness (QED) is 0.254. The molecular weight excluding hydrogens is 336 g/mol. The fourth-order valence-electron chi connectivity index (χ4n) is 3.03. The van der Waals surface area contributed by atoms with Crippen LogP contribution in [0.15, 0.2) is 24.3 Å². The van der Waals surface area contributed by atoms with Crippen LogP contribution in [-0.4, -0.2) is 33.0 Å². The summed E-state index contributed by atoms with van der Waals surface area (Å²) in [7, 11) is 0. The minimum atomic E-state index is 0.590. The third-order valence-corrected chi connectivity index (χ3v) is 4.75. The van der Waals surface area contributed by atoms with Crippen molar-refractivity contribution in [2.45, 2.75) is 84.5 Å². The molecule has 0 fully saturated rings. The lowest BCUT2D eigenvalue weighted by atomic mass is 10.0. The minimum absolute atomic E-state index is 0.590. The van der Waals surface area contributed by atoms with Gasteiger partial charge in [0.2, 0.25) is 0 Å². The van der Waals surface area contributed by atoms with Crippen molar-refractivity contribution in [1.82, 2.24) is 0 Å².